The molecule has 19 heavy (non-hydrogen) atoms. The number of thioether (sulfide) groups is 1. The second-order valence-corrected chi connectivity index (χ2v) is 7.16. The van der Waals surface area contributed by atoms with Crippen LogP contribution in [0, 0.1) is 0 Å². The maximum absolute atomic E-state index is 3.95. The zero-order chi connectivity index (χ0) is 13.1. The highest BCUT2D eigenvalue weighted by atomic mass is 32.2. The standard InChI is InChI=1S/C17H25NS/c1-19-15-11-9-14(10-12-15)18-17-8-4-6-13-5-2-3-7-16(13)17/h2-3,5,7,14-15,17-18H,4,6,8-12H2,1H3. The molecule has 1 N–H and O–H groups in total. The Labute approximate surface area is 121 Å². The van der Waals surface area contributed by atoms with E-state index in [1.807, 2.05) is 0 Å². The normalized spacial score (nSPS) is 30.9. The molecule has 3 rings (SSSR count). The van der Waals surface area contributed by atoms with E-state index in [-0.39, 0.29) is 0 Å². The van der Waals surface area contributed by atoms with Crippen molar-refractivity contribution in [2.45, 2.75) is 62.3 Å². The first-order valence-corrected chi connectivity index (χ1v) is 9.02. The van der Waals surface area contributed by atoms with E-state index >= 15 is 0 Å². The van der Waals surface area contributed by atoms with Gasteiger partial charge in [-0.15, -0.1) is 0 Å². The molecule has 1 nitrogen and oxygen atoms in total. The number of fused-ring (bicyclic) bond motifs is 1. The summed E-state index contributed by atoms with van der Waals surface area (Å²) in [4.78, 5) is 0. The van der Waals surface area contributed by atoms with Gasteiger partial charge in [0.2, 0.25) is 0 Å². The van der Waals surface area contributed by atoms with Gasteiger partial charge < -0.3 is 5.32 Å². The minimum atomic E-state index is 0.612. The number of rotatable bonds is 3. The van der Waals surface area contributed by atoms with Gasteiger partial charge in [0, 0.05) is 17.3 Å². The number of hydrogen-bond donors (Lipinski definition) is 1. The summed E-state index contributed by atoms with van der Waals surface area (Å²) in [6.45, 7) is 0. The summed E-state index contributed by atoms with van der Waals surface area (Å²) in [5.41, 5.74) is 3.14. The number of nitrogens with one attached hydrogen (secondary N) is 1. The Hall–Kier alpha value is -0.470. The molecule has 0 amide bonds. The number of aryl methyl sites for hydroxylation is 1. The van der Waals surface area contributed by atoms with E-state index in [0.717, 1.165) is 11.3 Å². The van der Waals surface area contributed by atoms with Gasteiger partial charge in [0.1, 0.15) is 0 Å². The van der Waals surface area contributed by atoms with Gasteiger partial charge in [-0.1, -0.05) is 24.3 Å². The van der Waals surface area contributed by atoms with Crippen molar-refractivity contribution < 1.29 is 0 Å². The van der Waals surface area contributed by atoms with Gasteiger partial charge >= 0.3 is 0 Å². The Kier molecular flexibility index (Phi) is 4.49. The molecule has 0 saturated heterocycles. The average molecular weight is 275 g/mol. The molecular formula is C17H25NS. The highest BCUT2D eigenvalue weighted by molar-refractivity contribution is 7.99. The topological polar surface area (TPSA) is 12.0 Å². The summed E-state index contributed by atoms with van der Waals surface area (Å²) in [6, 6.07) is 10.4. The summed E-state index contributed by atoms with van der Waals surface area (Å²) in [5.74, 6) is 0. The molecule has 2 aliphatic carbocycles. The number of hydrogen-bond acceptors (Lipinski definition) is 2. The Morgan fingerprint density at radius 2 is 1.84 bits per heavy atom. The molecule has 0 aliphatic heterocycles. The van der Waals surface area contributed by atoms with Crippen molar-refractivity contribution in [3.63, 3.8) is 0 Å². The fraction of sp³-hybridized carbons (Fsp3) is 0.647. The second kappa shape index (κ2) is 6.32. The fourth-order valence-corrected chi connectivity index (χ4v) is 4.42. The van der Waals surface area contributed by atoms with E-state index < -0.39 is 0 Å². The van der Waals surface area contributed by atoms with Crippen molar-refractivity contribution in [1.29, 1.82) is 0 Å². The third kappa shape index (κ3) is 3.17. The minimum Gasteiger partial charge on any atom is -0.307 e. The average Bonchev–Trinajstić information content (AvgIpc) is 2.48. The van der Waals surface area contributed by atoms with Crippen molar-refractivity contribution in [2.75, 3.05) is 6.26 Å². The summed E-state index contributed by atoms with van der Waals surface area (Å²) >= 11 is 2.05. The largest absolute Gasteiger partial charge is 0.307 e. The SMILES string of the molecule is CSC1CCC(NC2CCCc3ccccc32)CC1. The van der Waals surface area contributed by atoms with Gasteiger partial charge in [0.25, 0.3) is 0 Å². The van der Waals surface area contributed by atoms with Crippen molar-refractivity contribution in [1.82, 2.24) is 5.32 Å². The minimum absolute atomic E-state index is 0.612. The van der Waals surface area contributed by atoms with Crippen LogP contribution in [-0.2, 0) is 6.42 Å². The molecule has 0 bridgehead atoms. The molecule has 2 aliphatic rings. The van der Waals surface area contributed by atoms with Crippen LogP contribution >= 0.6 is 11.8 Å². The van der Waals surface area contributed by atoms with Crippen molar-refractivity contribution in [3.05, 3.63) is 35.4 Å². The van der Waals surface area contributed by atoms with Crippen LogP contribution in [0.4, 0.5) is 0 Å². The zero-order valence-electron chi connectivity index (χ0n) is 11.9. The van der Waals surface area contributed by atoms with Gasteiger partial charge in [-0.2, -0.15) is 11.8 Å². The van der Waals surface area contributed by atoms with Crippen LogP contribution in [0.15, 0.2) is 24.3 Å². The third-order valence-corrected chi connectivity index (χ3v) is 5.95. The zero-order valence-corrected chi connectivity index (χ0v) is 12.7. The molecule has 0 heterocycles. The van der Waals surface area contributed by atoms with E-state index in [1.165, 1.54) is 44.9 Å². The van der Waals surface area contributed by atoms with Crippen LogP contribution in [0.2, 0.25) is 0 Å². The molecule has 2 heteroatoms. The highest BCUT2D eigenvalue weighted by Crippen LogP contribution is 2.33. The summed E-state index contributed by atoms with van der Waals surface area (Å²) in [5, 5.41) is 4.86. The lowest BCUT2D eigenvalue weighted by Crippen LogP contribution is -2.37. The molecule has 104 valence electrons. The molecule has 1 unspecified atom stereocenters. The lowest BCUT2D eigenvalue weighted by atomic mass is 9.86. The van der Waals surface area contributed by atoms with Crippen LogP contribution in [-0.4, -0.2) is 17.5 Å². The molecule has 0 radical (unpaired) electrons. The van der Waals surface area contributed by atoms with Crippen molar-refractivity contribution >= 4 is 11.8 Å². The van der Waals surface area contributed by atoms with E-state index in [2.05, 4.69) is 47.6 Å². The quantitative estimate of drug-likeness (QED) is 0.881. The van der Waals surface area contributed by atoms with Gasteiger partial charge in [-0.3, -0.25) is 0 Å². The van der Waals surface area contributed by atoms with Gasteiger partial charge in [0.15, 0.2) is 0 Å². The van der Waals surface area contributed by atoms with E-state index in [4.69, 9.17) is 0 Å². The predicted octanol–water partition coefficient (Wildman–Crippen LogP) is 4.33. The molecule has 1 fully saturated rings. The predicted molar refractivity (Wildman–Crippen MR) is 84.8 cm³/mol. The molecular weight excluding hydrogens is 250 g/mol. The van der Waals surface area contributed by atoms with Gasteiger partial charge in [0.05, 0.1) is 0 Å². The van der Waals surface area contributed by atoms with Crippen molar-refractivity contribution in [3.8, 4) is 0 Å². The smallest absolute Gasteiger partial charge is 0.0325 e. The number of benzene rings is 1. The first kappa shape index (κ1) is 13.5. The summed E-state index contributed by atoms with van der Waals surface area (Å²) in [6.07, 6.45) is 11.7. The fourth-order valence-electron chi connectivity index (χ4n) is 3.68. The monoisotopic (exact) mass is 275 g/mol. The van der Waals surface area contributed by atoms with Gasteiger partial charge in [-0.25, -0.2) is 0 Å². The molecule has 1 atom stereocenters. The van der Waals surface area contributed by atoms with E-state index in [0.29, 0.717) is 6.04 Å². The summed E-state index contributed by atoms with van der Waals surface area (Å²) < 4.78 is 0. The third-order valence-electron chi connectivity index (χ3n) is 4.81. The highest BCUT2D eigenvalue weighted by Gasteiger charge is 2.25. The Morgan fingerprint density at radius 3 is 2.63 bits per heavy atom. The van der Waals surface area contributed by atoms with E-state index in [9.17, 15) is 0 Å². The summed E-state index contributed by atoms with van der Waals surface area (Å²) in [7, 11) is 0. The van der Waals surface area contributed by atoms with E-state index in [1.54, 1.807) is 11.1 Å². The Balaban J connectivity index is 1.62. The van der Waals surface area contributed by atoms with Crippen LogP contribution < -0.4 is 5.32 Å². The molecule has 1 aromatic rings. The molecule has 0 aromatic heterocycles. The molecule has 0 spiro atoms. The van der Waals surface area contributed by atoms with Crippen LogP contribution in [0.5, 0.6) is 0 Å². The molecule has 1 aromatic carbocycles. The maximum atomic E-state index is 3.95. The van der Waals surface area contributed by atoms with Crippen LogP contribution in [0.25, 0.3) is 0 Å². The maximum Gasteiger partial charge on any atom is 0.0325 e. The first-order valence-electron chi connectivity index (χ1n) is 7.73. The van der Waals surface area contributed by atoms with Gasteiger partial charge in [-0.05, 0) is 62.3 Å². The Morgan fingerprint density at radius 1 is 1.05 bits per heavy atom. The lowest BCUT2D eigenvalue weighted by Gasteiger charge is -2.34. The lowest BCUT2D eigenvalue weighted by molar-refractivity contribution is 0.325. The second-order valence-electron chi connectivity index (χ2n) is 6.02. The van der Waals surface area contributed by atoms with Crippen LogP contribution in [0.1, 0.15) is 55.7 Å². The first-order chi connectivity index (χ1) is 9.36. The van der Waals surface area contributed by atoms with Crippen molar-refractivity contribution in [2.24, 2.45) is 0 Å². The Bertz CT molecular complexity index is 409. The van der Waals surface area contributed by atoms with Crippen LogP contribution in [0.3, 0.4) is 0 Å². The molecule has 1 saturated carbocycles.